The molecule has 2 N–H and O–H groups in total. The van der Waals surface area contributed by atoms with Crippen LogP contribution >= 0.6 is 22.9 Å². The average molecular weight is 749 g/mol. The van der Waals surface area contributed by atoms with E-state index in [0.717, 1.165) is 43.6 Å². The molecule has 4 aliphatic heterocycles. The standard InChI is InChI=1S/C35H32ClF3N10O2S/c36-23-9-21-28(27(39)26(23)20-3-4-24(38)29-25(20)22(11-40)30(41)52-29)44-32(51-16-35-6-2-8-48(35)12-19(37)10-35)45-31(21)47-14-34(15-47)5-1-7-46(13-34)33(50)49-18-42-17-43-49/h3-4,9,17-19H,1-2,5-8,10,12-16,41H2/t19-,35+/m1/s1. The van der Waals surface area contributed by atoms with Gasteiger partial charge in [-0.25, -0.2) is 22.9 Å². The molecule has 3 aromatic heterocycles. The van der Waals surface area contributed by atoms with Gasteiger partial charge < -0.3 is 20.3 Å². The molecule has 52 heavy (non-hydrogen) atoms. The molecule has 268 valence electrons. The fraction of sp³-hybridized carbons (Fsp3) is 0.429. The molecule has 2 atom stereocenters. The maximum atomic E-state index is 17.1. The molecular weight excluding hydrogens is 717 g/mol. The van der Waals surface area contributed by atoms with Crippen LogP contribution in [0.4, 0.5) is 28.8 Å². The number of alkyl halides is 1. The Morgan fingerprint density at radius 2 is 2.00 bits per heavy atom. The molecule has 1 spiro atoms. The summed E-state index contributed by atoms with van der Waals surface area (Å²) in [7, 11) is 0. The lowest BCUT2D eigenvalue weighted by molar-refractivity contribution is 0.0778. The van der Waals surface area contributed by atoms with Gasteiger partial charge in [0.1, 0.15) is 53.7 Å². The minimum absolute atomic E-state index is 0.0167. The Morgan fingerprint density at radius 1 is 1.17 bits per heavy atom. The van der Waals surface area contributed by atoms with Crippen molar-refractivity contribution in [2.75, 3.05) is 56.5 Å². The van der Waals surface area contributed by atoms with Crippen LogP contribution in [0.5, 0.6) is 6.01 Å². The van der Waals surface area contributed by atoms with Crippen LogP contribution in [-0.2, 0) is 0 Å². The van der Waals surface area contributed by atoms with E-state index in [2.05, 4.69) is 20.0 Å². The molecule has 4 saturated heterocycles. The summed E-state index contributed by atoms with van der Waals surface area (Å²) >= 11 is 7.79. The van der Waals surface area contributed by atoms with Gasteiger partial charge in [0.2, 0.25) is 0 Å². The van der Waals surface area contributed by atoms with E-state index in [-0.39, 0.29) is 66.4 Å². The number of rotatable bonds is 5. The third-order valence-electron chi connectivity index (χ3n) is 11.2. The maximum Gasteiger partial charge on any atom is 0.346 e. The van der Waals surface area contributed by atoms with Gasteiger partial charge in [0.05, 0.1) is 20.8 Å². The summed E-state index contributed by atoms with van der Waals surface area (Å²) in [4.78, 5) is 32.3. The number of anilines is 2. The number of fused-ring (bicyclic) bond motifs is 3. The predicted molar refractivity (Wildman–Crippen MR) is 189 cm³/mol. The average Bonchev–Trinajstić information content (AvgIpc) is 3.91. The number of halogens is 4. The summed E-state index contributed by atoms with van der Waals surface area (Å²) in [5.74, 6) is -0.969. The fourth-order valence-corrected chi connectivity index (χ4v) is 10.1. The number of hydrogen-bond acceptors (Lipinski definition) is 11. The zero-order valence-corrected chi connectivity index (χ0v) is 29.4. The van der Waals surface area contributed by atoms with Crippen LogP contribution in [0, 0.1) is 28.4 Å². The first kappa shape index (κ1) is 33.1. The third kappa shape index (κ3) is 5.15. The van der Waals surface area contributed by atoms with E-state index in [4.69, 9.17) is 27.1 Å². The summed E-state index contributed by atoms with van der Waals surface area (Å²) in [6, 6.07) is 5.88. The molecule has 1 amide bonds. The lowest BCUT2D eigenvalue weighted by Crippen LogP contribution is -2.64. The zero-order valence-electron chi connectivity index (χ0n) is 27.8. The molecule has 4 aliphatic rings. The summed E-state index contributed by atoms with van der Waals surface area (Å²) in [6.07, 6.45) is 5.46. The zero-order chi connectivity index (χ0) is 35.9. The Balaban J connectivity index is 1.12. The SMILES string of the molecule is N#Cc1c(N)sc2c(F)ccc(-c3c(Cl)cc4c(N5CC6(CCCN(C(=O)n7cncn7)C6)C5)nc(OC[C@@]56CCCN5C[C@H](F)C6)nc4c3F)c12. The molecular formula is C35H32ClF3N10O2S. The number of ether oxygens (including phenoxy) is 1. The molecule has 7 heterocycles. The van der Waals surface area contributed by atoms with Crippen molar-refractivity contribution in [3.8, 4) is 23.2 Å². The first-order valence-electron chi connectivity index (χ1n) is 17.1. The fourth-order valence-electron chi connectivity index (χ4n) is 8.86. The van der Waals surface area contributed by atoms with Crippen LogP contribution in [0.2, 0.25) is 5.02 Å². The number of benzene rings is 2. The molecule has 4 fully saturated rings. The van der Waals surface area contributed by atoms with Crippen molar-refractivity contribution in [2.24, 2.45) is 5.41 Å². The Bertz CT molecular complexity index is 2310. The van der Waals surface area contributed by atoms with Crippen molar-refractivity contribution in [1.82, 2.24) is 34.5 Å². The predicted octanol–water partition coefficient (Wildman–Crippen LogP) is 6.01. The second-order valence-corrected chi connectivity index (χ2v) is 15.9. The Kier molecular flexibility index (Phi) is 7.76. The largest absolute Gasteiger partial charge is 0.461 e. The van der Waals surface area contributed by atoms with E-state index in [1.807, 2.05) is 11.0 Å². The van der Waals surface area contributed by atoms with Crippen LogP contribution in [0.15, 0.2) is 30.9 Å². The highest BCUT2D eigenvalue weighted by atomic mass is 35.5. The van der Waals surface area contributed by atoms with Crippen LogP contribution < -0.4 is 15.4 Å². The maximum absolute atomic E-state index is 17.1. The Morgan fingerprint density at radius 3 is 2.79 bits per heavy atom. The number of aromatic nitrogens is 5. The van der Waals surface area contributed by atoms with Gasteiger partial charge in [0, 0.05) is 60.9 Å². The first-order chi connectivity index (χ1) is 25.1. The molecule has 0 unspecified atom stereocenters. The van der Waals surface area contributed by atoms with Crippen LogP contribution in [0.25, 0.3) is 32.1 Å². The van der Waals surface area contributed by atoms with Crippen molar-refractivity contribution < 1.29 is 22.7 Å². The van der Waals surface area contributed by atoms with Crippen LogP contribution in [0.1, 0.15) is 37.7 Å². The van der Waals surface area contributed by atoms with Crippen molar-refractivity contribution in [3.63, 3.8) is 0 Å². The van der Waals surface area contributed by atoms with Gasteiger partial charge in [-0.15, -0.1) is 11.3 Å². The molecule has 5 aromatic rings. The van der Waals surface area contributed by atoms with Crippen LogP contribution in [-0.4, -0.2) is 98.1 Å². The highest BCUT2D eigenvalue weighted by molar-refractivity contribution is 7.23. The molecule has 0 bridgehead atoms. The molecule has 0 radical (unpaired) electrons. The lowest BCUT2D eigenvalue weighted by Gasteiger charge is -2.55. The molecule has 2 aromatic carbocycles. The normalized spacial score (nSPS) is 22.6. The third-order valence-corrected chi connectivity index (χ3v) is 12.5. The number of likely N-dealkylation sites (tertiary alicyclic amines) is 1. The first-order valence-corrected chi connectivity index (χ1v) is 18.3. The lowest BCUT2D eigenvalue weighted by atomic mass is 9.73. The van der Waals surface area contributed by atoms with Crippen molar-refractivity contribution in [2.45, 2.75) is 43.8 Å². The number of amides is 1. The number of hydrogen-bond donors (Lipinski definition) is 1. The highest BCUT2D eigenvalue weighted by Crippen LogP contribution is 2.48. The van der Waals surface area contributed by atoms with E-state index in [1.54, 1.807) is 11.0 Å². The number of carbonyl (C=O) groups excluding carboxylic acids is 1. The van der Waals surface area contributed by atoms with Crippen LogP contribution in [0.3, 0.4) is 0 Å². The van der Waals surface area contributed by atoms with E-state index in [1.165, 1.54) is 29.5 Å². The number of thiophene rings is 1. The van der Waals surface area contributed by atoms with Crippen molar-refractivity contribution in [1.29, 1.82) is 5.26 Å². The number of carbonyl (C=O) groups is 1. The summed E-state index contributed by atoms with van der Waals surface area (Å²) in [5.41, 5.74) is 5.48. The number of piperidine rings is 1. The van der Waals surface area contributed by atoms with Gasteiger partial charge in [-0.05, 0) is 49.9 Å². The van der Waals surface area contributed by atoms with E-state index in [9.17, 15) is 18.8 Å². The number of nitrogen functional groups attached to an aromatic ring is 1. The van der Waals surface area contributed by atoms with E-state index >= 15 is 4.39 Å². The molecule has 17 heteroatoms. The summed E-state index contributed by atoms with van der Waals surface area (Å²) in [5, 5.41) is 14.5. The monoisotopic (exact) mass is 748 g/mol. The van der Waals surface area contributed by atoms with Gasteiger partial charge in [-0.2, -0.15) is 25.0 Å². The summed E-state index contributed by atoms with van der Waals surface area (Å²) in [6.45, 7) is 3.42. The quantitative estimate of drug-likeness (QED) is 0.227. The highest BCUT2D eigenvalue weighted by Gasteiger charge is 2.50. The van der Waals surface area contributed by atoms with Gasteiger partial charge in [-0.3, -0.25) is 4.90 Å². The van der Waals surface area contributed by atoms with Gasteiger partial charge in [0.15, 0.2) is 5.82 Å². The Labute approximate surface area is 304 Å². The van der Waals surface area contributed by atoms with Gasteiger partial charge in [0.25, 0.3) is 0 Å². The Hall–Kier alpha value is -4.72. The number of nitrogens with zero attached hydrogens (tertiary/aromatic N) is 9. The second-order valence-electron chi connectivity index (χ2n) is 14.4. The van der Waals surface area contributed by atoms with E-state index < -0.39 is 23.3 Å². The van der Waals surface area contributed by atoms with E-state index in [0.29, 0.717) is 50.3 Å². The number of nitriles is 1. The van der Waals surface area contributed by atoms with Crippen molar-refractivity contribution in [3.05, 3.63) is 53.1 Å². The summed E-state index contributed by atoms with van der Waals surface area (Å²) < 4.78 is 54.2. The van der Waals surface area contributed by atoms with Gasteiger partial charge in [-0.1, -0.05) is 17.7 Å². The smallest absolute Gasteiger partial charge is 0.346 e. The topological polar surface area (TPSA) is 142 Å². The minimum atomic E-state index is -0.958. The minimum Gasteiger partial charge on any atom is -0.461 e. The van der Waals surface area contributed by atoms with Gasteiger partial charge >= 0.3 is 12.0 Å². The molecule has 0 saturated carbocycles. The van der Waals surface area contributed by atoms with Crippen molar-refractivity contribution >= 4 is 60.8 Å². The molecule has 12 nitrogen and oxygen atoms in total. The number of nitrogens with two attached hydrogens (primary N) is 1. The second kappa shape index (κ2) is 12.2. The molecule has 0 aliphatic carbocycles. The molecule has 9 rings (SSSR count).